The molecule has 30 heavy (non-hydrogen) atoms. The lowest BCUT2D eigenvalue weighted by molar-refractivity contribution is -0.384. The Morgan fingerprint density at radius 3 is 2.67 bits per heavy atom. The van der Waals surface area contributed by atoms with Gasteiger partial charge in [-0.25, -0.2) is 4.39 Å². The molecule has 158 valence electrons. The van der Waals surface area contributed by atoms with Crippen LogP contribution < -0.4 is 9.64 Å². The Kier molecular flexibility index (Phi) is 6.29. The number of rotatable bonds is 5. The summed E-state index contributed by atoms with van der Waals surface area (Å²) in [6.07, 6.45) is 1.24. The molecule has 1 amide bonds. The molecule has 0 bridgehead atoms. The quantitative estimate of drug-likeness (QED) is 0.417. The highest BCUT2D eigenvalue weighted by molar-refractivity contribution is 6.08. The Hall–Kier alpha value is -3.49. The third-order valence-corrected chi connectivity index (χ3v) is 5.17. The molecule has 8 nitrogen and oxygen atoms in total. The maximum Gasteiger partial charge on any atom is 0.306 e. The van der Waals surface area contributed by atoms with Gasteiger partial charge in [0.1, 0.15) is 11.6 Å². The summed E-state index contributed by atoms with van der Waals surface area (Å²) in [6.45, 7) is 0.343. The Morgan fingerprint density at radius 2 is 2.00 bits per heavy atom. The van der Waals surface area contributed by atoms with E-state index in [-0.39, 0.29) is 29.3 Å². The molecule has 0 saturated heterocycles. The second-order valence-electron chi connectivity index (χ2n) is 6.92. The molecule has 0 saturated carbocycles. The number of methoxy groups -OCH3 is 2. The van der Waals surface area contributed by atoms with Crippen molar-refractivity contribution in [2.24, 2.45) is 0 Å². The number of nitro benzene ring substituents is 1. The largest absolute Gasteiger partial charge is 0.496 e. The highest BCUT2D eigenvalue weighted by Gasteiger charge is 2.30. The zero-order valence-corrected chi connectivity index (χ0v) is 16.6. The van der Waals surface area contributed by atoms with Gasteiger partial charge in [-0.1, -0.05) is 0 Å². The minimum atomic E-state index is -0.571. The van der Waals surface area contributed by atoms with Crippen molar-refractivity contribution in [3.05, 3.63) is 63.5 Å². The number of anilines is 1. The van der Waals surface area contributed by atoms with E-state index in [1.54, 1.807) is 0 Å². The molecule has 1 unspecified atom stereocenters. The van der Waals surface area contributed by atoms with Gasteiger partial charge in [0.05, 0.1) is 37.2 Å². The fourth-order valence-electron chi connectivity index (χ4n) is 3.69. The number of nitro groups is 1. The van der Waals surface area contributed by atoms with Crippen LogP contribution in [0.4, 0.5) is 15.8 Å². The van der Waals surface area contributed by atoms with E-state index in [1.807, 2.05) is 0 Å². The van der Waals surface area contributed by atoms with Gasteiger partial charge in [-0.05, 0) is 48.6 Å². The first kappa shape index (κ1) is 21.2. The lowest BCUT2D eigenvalue weighted by atomic mass is 9.91. The van der Waals surface area contributed by atoms with E-state index in [0.29, 0.717) is 30.6 Å². The standard InChI is InChI=1S/C21H21FN2O6/c1-29-19-12-15(24(27)28)6-7-16(19)21(26)23-9-3-4-13(10-20(25)30-2)17-11-14(22)5-8-18(17)23/h5-8,11-13H,3-4,9-10H2,1-2H3. The van der Waals surface area contributed by atoms with Gasteiger partial charge in [0.2, 0.25) is 0 Å². The molecule has 0 fully saturated rings. The Bertz CT molecular complexity index is 993. The van der Waals surface area contributed by atoms with E-state index >= 15 is 0 Å². The van der Waals surface area contributed by atoms with E-state index in [2.05, 4.69) is 0 Å². The molecule has 1 atom stereocenters. The average molecular weight is 416 g/mol. The topological polar surface area (TPSA) is 99.0 Å². The third kappa shape index (κ3) is 4.24. The normalized spacial score (nSPS) is 15.7. The molecule has 0 spiro atoms. The lowest BCUT2D eigenvalue weighted by Crippen LogP contribution is -2.32. The summed E-state index contributed by atoms with van der Waals surface area (Å²) >= 11 is 0. The van der Waals surface area contributed by atoms with Gasteiger partial charge >= 0.3 is 5.97 Å². The van der Waals surface area contributed by atoms with Crippen LogP contribution in [0.1, 0.15) is 41.1 Å². The van der Waals surface area contributed by atoms with Gasteiger partial charge in [0.15, 0.2) is 0 Å². The van der Waals surface area contributed by atoms with Crippen LogP contribution in [0.3, 0.4) is 0 Å². The number of ether oxygens (including phenoxy) is 2. The SMILES string of the molecule is COC(=O)CC1CCCN(C(=O)c2ccc([N+](=O)[O-])cc2OC)c2ccc(F)cc21. The second-order valence-corrected chi connectivity index (χ2v) is 6.92. The maximum absolute atomic E-state index is 14.0. The van der Waals surface area contributed by atoms with Crippen LogP contribution in [0.2, 0.25) is 0 Å². The number of non-ortho nitro benzene ring substituents is 1. The van der Waals surface area contributed by atoms with Crippen LogP contribution in [0, 0.1) is 15.9 Å². The number of esters is 1. The molecule has 1 aliphatic heterocycles. The smallest absolute Gasteiger partial charge is 0.306 e. The van der Waals surface area contributed by atoms with Gasteiger partial charge in [-0.3, -0.25) is 19.7 Å². The molecule has 3 rings (SSSR count). The number of amides is 1. The van der Waals surface area contributed by atoms with Crippen molar-refractivity contribution in [3.63, 3.8) is 0 Å². The van der Waals surface area contributed by atoms with Crippen molar-refractivity contribution < 1.29 is 28.4 Å². The van der Waals surface area contributed by atoms with Crippen molar-refractivity contribution in [3.8, 4) is 5.75 Å². The highest BCUT2D eigenvalue weighted by atomic mass is 19.1. The van der Waals surface area contributed by atoms with E-state index in [9.17, 15) is 24.1 Å². The monoisotopic (exact) mass is 416 g/mol. The predicted molar refractivity (Wildman–Crippen MR) is 106 cm³/mol. The van der Waals surface area contributed by atoms with E-state index in [4.69, 9.17) is 9.47 Å². The minimum Gasteiger partial charge on any atom is -0.496 e. The number of hydrogen-bond acceptors (Lipinski definition) is 6. The summed E-state index contributed by atoms with van der Waals surface area (Å²) in [5, 5.41) is 11.0. The van der Waals surface area contributed by atoms with Crippen molar-refractivity contribution in [1.29, 1.82) is 0 Å². The van der Waals surface area contributed by atoms with E-state index in [0.717, 1.165) is 0 Å². The third-order valence-electron chi connectivity index (χ3n) is 5.17. The zero-order valence-electron chi connectivity index (χ0n) is 16.6. The van der Waals surface area contributed by atoms with Crippen LogP contribution in [0.15, 0.2) is 36.4 Å². The van der Waals surface area contributed by atoms with Gasteiger partial charge in [-0.2, -0.15) is 0 Å². The van der Waals surface area contributed by atoms with Gasteiger partial charge < -0.3 is 14.4 Å². The van der Waals surface area contributed by atoms with Crippen molar-refractivity contribution in [2.75, 3.05) is 25.7 Å². The number of carbonyl (C=O) groups is 2. The fraction of sp³-hybridized carbons (Fsp3) is 0.333. The van der Waals surface area contributed by atoms with Crippen molar-refractivity contribution in [2.45, 2.75) is 25.2 Å². The number of carbonyl (C=O) groups excluding carboxylic acids is 2. The van der Waals surface area contributed by atoms with Crippen LogP contribution >= 0.6 is 0 Å². The highest BCUT2D eigenvalue weighted by Crippen LogP contribution is 2.38. The minimum absolute atomic E-state index is 0.0771. The van der Waals surface area contributed by atoms with E-state index in [1.165, 1.54) is 55.5 Å². The number of nitrogens with zero attached hydrogens (tertiary/aromatic N) is 2. The summed E-state index contributed by atoms with van der Waals surface area (Å²) in [5.41, 5.74) is 1.00. The molecule has 9 heteroatoms. The molecule has 0 radical (unpaired) electrons. The van der Waals surface area contributed by atoms with Gasteiger partial charge in [-0.15, -0.1) is 0 Å². The molecule has 0 N–H and O–H groups in total. The van der Waals surface area contributed by atoms with E-state index < -0.39 is 22.6 Å². The number of benzene rings is 2. The Morgan fingerprint density at radius 1 is 1.23 bits per heavy atom. The molecule has 2 aromatic carbocycles. The van der Waals surface area contributed by atoms with Crippen molar-refractivity contribution >= 4 is 23.3 Å². The summed E-state index contributed by atoms with van der Waals surface area (Å²) in [4.78, 5) is 37.1. The molecule has 0 aromatic heterocycles. The summed E-state index contributed by atoms with van der Waals surface area (Å²) < 4.78 is 24.0. The summed E-state index contributed by atoms with van der Waals surface area (Å²) in [6, 6.07) is 7.87. The summed E-state index contributed by atoms with van der Waals surface area (Å²) in [5.74, 6) is -1.51. The first-order chi connectivity index (χ1) is 14.3. The van der Waals surface area contributed by atoms with Crippen molar-refractivity contribution in [1.82, 2.24) is 0 Å². The molecule has 2 aromatic rings. The molecular formula is C21H21FN2O6. The second kappa shape index (κ2) is 8.89. The zero-order chi connectivity index (χ0) is 21.8. The Labute approximate surface area is 172 Å². The molecule has 1 aliphatic rings. The maximum atomic E-state index is 14.0. The molecule has 0 aliphatic carbocycles. The van der Waals surface area contributed by atoms with Crippen LogP contribution in [-0.4, -0.2) is 37.6 Å². The van der Waals surface area contributed by atoms with Crippen LogP contribution in [0.5, 0.6) is 5.75 Å². The number of halogens is 1. The fourth-order valence-corrected chi connectivity index (χ4v) is 3.69. The first-order valence-corrected chi connectivity index (χ1v) is 9.36. The predicted octanol–water partition coefficient (Wildman–Crippen LogP) is 3.83. The summed E-state index contributed by atoms with van der Waals surface area (Å²) in [7, 11) is 2.62. The van der Waals surface area contributed by atoms with Gasteiger partial charge in [0.25, 0.3) is 11.6 Å². The number of hydrogen-bond donors (Lipinski definition) is 0. The van der Waals surface area contributed by atoms with Gasteiger partial charge in [0, 0.05) is 18.3 Å². The molecular weight excluding hydrogens is 395 g/mol. The first-order valence-electron chi connectivity index (χ1n) is 9.36. The lowest BCUT2D eigenvalue weighted by Gasteiger charge is -2.25. The molecule has 1 heterocycles. The van der Waals surface area contributed by atoms with Crippen LogP contribution in [-0.2, 0) is 9.53 Å². The number of fused-ring (bicyclic) bond motifs is 1. The average Bonchev–Trinajstić information content (AvgIpc) is 2.91. The Balaban J connectivity index is 2.03. The van der Waals surface area contributed by atoms with Crippen LogP contribution in [0.25, 0.3) is 0 Å².